The molecule has 0 fully saturated rings. The van der Waals surface area contributed by atoms with Crippen LogP contribution in [0.15, 0.2) is 48.5 Å². The number of unbranched alkanes of at least 4 members (excludes halogenated alkanes) is 1. The Labute approximate surface area is 184 Å². The van der Waals surface area contributed by atoms with Crippen LogP contribution in [0.25, 0.3) is 11.0 Å². The molecule has 0 atom stereocenters. The number of nitrogens with zero attached hydrogens (tertiary/aromatic N) is 3. The van der Waals surface area contributed by atoms with Crippen LogP contribution in [0.1, 0.15) is 36.7 Å². The predicted octanol–water partition coefficient (Wildman–Crippen LogP) is 3.50. The van der Waals surface area contributed by atoms with Gasteiger partial charge in [-0.1, -0.05) is 49.7 Å². The Morgan fingerprint density at radius 2 is 1.84 bits per heavy atom. The number of rotatable bonds is 10. The number of aromatic nitrogens is 2. The normalized spacial score (nSPS) is 10.9. The van der Waals surface area contributed by atoms with Crippen molar-refractivity contribution >= 4 is 22.8 Å². The van der Waals surface area contributed by atoms with Crippen LogP contribution < -0.4 is 5.32 Å². The number of hydrogen-bond donors (Lipinski definition) is 1. The number of carbonyl (C=O) groups is 2. The van der Waals surface area contributed by atoms with Gasteiger partial charge in [0, 0.05) is 26.6 Å². The Morgan fingerprint density at radius 1 is 1.10 bits per heavy atom. The second-order valence-corrected chi connectivity index (χ2v) is 7.97. The minimum atomic E-state index is -0.00710. The van der Waals surface area contributed by atoms with Gasteiger partial charge in [0.05, 0.1) is 17.5 Å². The number of fused-ring (bicyclic) bond motifs is 1. The molecular weight excluding hydrogens is 388 g/mol. The van der Waals surface area contributed by atoms with E-state index in [1.54, 1.807) is 4.90 Å². The first-order valence-corrected chi connectivity index (χ1v) is 11.0. The molecule has 31 heavy (non-hydrogen) atoms. The van der Waals surface area contributed by atoms with E-state index in [2.05, 4.69) is 12.2 Å². The molecule has 3 rings (SSSR count). The minimum absolute atomic E-state index is 0.00710. The van der Waals surface area contributed by atoms with Crippen molar-refractivity contribution in [3.8, 4) is 0 Å². The van der Waals surface area contributed by atoms with E-state index in [1.807, 2.05) is 67.1 Å². The highest BCUT2D eigenvalue weighted by atomic mass is 16.2. The van der Waals surface area contributed by atoms with Crippen LogP contribution in [0.4, 0.5) is 0 Å². The molecule has 0 radical (unpaired) electrons. The van der Waals surface area contributed by atoms with Crippen LogP contribution in [0.3, 0.4) is 0 Å². The van der Waals surface area contributed by atoms with Crippen LogP contribution in [0, 0.1) is 6.92 Å². The minimum Gasteiger partial charge on any atom is -0.355 e. The third-order valence-electron chi connectivity index (χ3n) is 5.58. The zero-order valence-corrected chi connectivity index (χ0v) is 18.7. The molecule has 2 amide bonds. The molecule has 0 aliphatic heterocycles. The maximum atomic E-state index is 12.7. The number of amides is 2. The summed E-state index contributed by atoms with van der Waals surface area (Å²) in [6.45, 7) is 5.63. The van der Waals surface area contributed by atoms with Crippen molar-refractivity contribution in [3.05, 3.63) is 65.5 Å². The van der Waals surface area contributed by atoms with Crippen LogP contribution in [0.2, 0.25) is 0 Å². The second kappa shape index (κ2) is 10.8. The summed E-state index contributed by atoms with van der Waals surface area (Å²) in [5.74, 6) is 0.878. The van der Waals surface area contributed by atoms with E-state index in [1.165, 1.54) is 0 Å². The van der Waals surface area contributed by atoms with Gasteiger partial charge in [-0.3, -0.25) is 9.59 Å². The number of likely N-dealkylation sites (N-methyl/N-ethyl adjacent to an activating group) is 1. The first-order valence-electron chi connectivity index (χ1n) is 11.0. The Morgan fingerprint density at radius 3 is 2.61 bits per heavy atom. The monoisotopic (exact) mass is 420 g/mol. The third kappa shape index (κ3) is 5.94. The number of para-hydroxylation sites is 2. The summed E-state index contributed by atoms with van der Waals surface area (Å²) in [5.41, 5.74) is 3.96. The van der Waals surface area contributed by atoms with E-state index >= 15 is 0 Å². The molecule has 0 aliphatic rings. The number of hydrogen-bond acceptors (Lipinski definition) is 3. The Hall–Kier alpha value is -3.15. The van der Waals surface area contributed by atoms with Gasteiger partial charge < -0.3 is 14.8 Å². The van der Waals surface area contributed by atoms with Gasteiger partial charge in [-0.05, 0) is 36.6 Å². The second-order valence-electron chi connectivity index (χ2n) is 7.97. The van der Waals surface area contributed by atoms with Gasteiger partial charge >= 0.3 is 0 Å². The van der Waals surface area contributed by atoms with Crippen molar-refractivity contribution in [3.63, 3.8) is 0 Å². The van der Waals surface area contributed by atoms with Gasteiger partial charge in [0.15, 0.2) is 0 Å². The van der Waals surface area contributed by atoms with Gasteiger partial charge in [-0.15, -0.1) is 0 Å². The molecule has 0 saturated carbocycles. The fourth-order valence-electron chi connectivity index (χ4n) is 3.63. The SMILES string of the molecule is CCCCN(C)C(=O)Cn1c(CCNC(=O)Cc2ccccc2C)nc2ccccc21. The van der Waals surface area contributed by atoms with Crippen molar-refractivity contribution in [1.29, 1.82) is 0 Å². The van der Waals surface area contributed by atoms with Crippen molar-refractivity contribution in [1.82, 2.24) is 19.8 Å². The number of nitrogens with one attached hydrogen (secondary N) is 1. The lowest BCUT2D eigenvalue weighted by Gasteiger charge is -2.18. The molecule has 0 aliphatic carbocycles. The van der Waals surface area contributed by atoms with Crippen LogP contribution in [-0.4, -0.2) is 46.4 Å². The van der Waals surface area contributed by atoms with E-state index < -0.39 is 0 Å². The summed E-state index contributed by atoms with van der Waals surface area (Å²) in [6, 6.07) is 15.8. The molecule has 1 heterocycles. The highest BCUT2D eigenvalue weighted by molar-refractivity contribution is 5.81. The van der Waals surface area contributed by atoms with E-state index in [4.69, 9.17) is 4.98 Å². The molecule has 3 aromatic rings. The van der Waals surface area contributed by atoms with Gasteiger partial charge in [-0.2, -0.15) is 0 Å². The molecule has 0 saturated heterocycles. The van der Waals surface area contributed by atoms with Crippen molar-refractivity contribution in [2.24, 2.45) is 0 Å². The van der Waals surface area contributed by atoms with E-state index in [0.29, 0.717) is 19.4 Å². The largest absolute Gasteiger partial charge is 0.355 e. The highest BCUT2D eigenvalue weighted by Crippen LogP contribution is 2.17. The lowest BCUT2D eigenvalue weighted by Crippen LogP contribution is -2.32. The summed E-state index contributed by atoms with van der Waals surface area (Å²) in [7, 11) is 1.85. The van der Waals surface area contributed by atoms with Gasteiger partial charge in [-0.25, -0.2) is 4.98 Å². The Balaban J connectivity index is 1.66. The summed E-state index contributed by atoms with van der Waals surface area (Å²) in [5, 5.41) is 2.99. The molecule has 6 nitrogen and oxygen atoms in total. The molecule has 1 aromatic heterocycles. The number of aryl methyl sites for hydroxylation is 1. The lowest BCUT2D eigenvalue weighted by atomic mass is 10.1. The van der Waals surface area contributed by atoms with E-state index in [0.717, 1.165) is 47.4 Å². The molecule has 6 heteroatoms. The molecule has 164 valence electrons. The smallest absolute Gasteiger partial charge is 0.242 e. The predicted molar refractivity (Wildman–Crippen MR) is 124 cm³/mol. The molecule has 0 bridgehead atoms. The van der Waals surface area contributed by atoms with Crippen LogP contribution in [0.5, 0.6) is 0 Å². The fraction of sp³-hybridized carbons (Fsp3) is 0.400. The number of carbonyl (C=O) groups excluding carboxylic acids is 2. The Kier molecular flexibility index (Phi) is 7.82. The van der Waals surface area contributed by atoms with Gasteiger partial charge in [0.25, 0.3) is 0 Å². The van der Waals surface area contributed by atoms with E-state index in [-0.39, 0.29) is 18.4 Å². The molecule has 2 aromatic carbocycles. The third-order valence-corrected chi connectivity index (χ3v) is 5.58. The summed E-state index contributed by atoms with van der Waals surface area (Å²) < 4.78 is 1.98. The zero-order valence-electron chi connectivity index (χ0n) is 18.7. The van der Waals surface area contributed by atoms with Gasteiger partial charge in [0.2, 0.25) is 11.8 Å². The van der Waals surface area contributed by atoms with Crippen molar-refractivity contribution in [2.45, 2.75) is 46.1 Å². The van der Waals surface area contributed by atoms with Crippen molar-refractivity contribution < 1.29 is 9.59 Å². The van der Waals surface area contributed by atoms with Gasteiger partial charge in [0.1, 0.15) is 12.4 Å². The molecular formula is C25H32N4O2. The topological polar surface area (TPSA) is 67.2 Å². The number of benzene rings is 2. The fourth-order valence-corrected chi connectivity index (χ4v) is 3.63. The quantitative estimate of drug-likeness (QED) is 0.546. The summed E-state index contributed by atoms with van der Waals surface area (Å²) >= 11 is 0. The summed E-state index contributed by atoms with van der Waals surface area (Å²) in [6.07, 6.45) is 2.98. The maximum absolute atomic E-state index is 12.7. The molecule has 1 N–H and O–H groups in total. The molecule has 0 spiro atoms. The van der Waals surface area contributed by atoms with Crippen molar-refractivity contribution in [2.75, 3.05) is 20.1 Å². The molecule has 0 unspecified atom stereocenters. The highest BCUT2D eigenvalue weighted by Gasteiger charge is 2.16. The summed E-state index contributed by atoms with van der Waals surface area (Å²) in [4.78, 5) is 31.6. The first-order chi connectivity index (χ1) is 15.0. The standard InChI is InChI=1S/C25H32N4O2/c1-4-5-16-28(3)25(31)18-29-22-13-9-8-12-21(22)27-23(29)14-15-26-24(30)17-20-11-7-6-10-19(20)2/h6-13H,4-5,14-18H2,1-3H3,(H,26,30). The number of imidazole rings is 1. The Bertz CT molecular complexity index is 1040. The van der Waals surface area contributed by atoms with Crippen LogP contribution in [-0.2, 0) is 29.0 Å². The van der Waals surface area contributed by atoms with Crippen LogP contribution >= 0.6 is 0 Å². The maximum Gasteiger partial charge on any atom is 0.242 e. The zero-order chi connectivity index (χ0) is 22.2. The lowest BCUT2D eigenvalue weighted by molar-refractivity contribution is -0.130. The average molecular weight is 421 g/mol. The average Bonchev–Trinajstić information content (AvgIpc) is 3.11. The van der Waals surface area contributed by atoms with E-state index in [9.17, 15) is 9.59 Å². The first kappa shape index (κ1) is 22.5.